The Labute approximate surface area is 139 Å². The molecular formula is C16H23BrN2OS. The number of nitrogens with two attached hydrogens (primary N) is 1. The van der Waals surface area contributed by atoms with Crippen LogP contribution >= 0.6 is 27.7 Å². The van der Waals surface area contributed by atoms with Gasteiger partial charge in [-0.1, -0.05) is 34.5 Å². The lowest BCUT2D eigenvalue weighted by Crippen LogP contribution is -2.49. The summed E-state index contributed by atoms with van der Waals surface area (Å²) in [5.74, 6) is 0.899. The second-order valence-electron chi connectivity index (χ2n) is 5.75. The van der Waals surface area contributed by atoms with Crippen LogP contribution < -0.4 is 11.1 Å². The van der Waals surface area contributed by atoms with E-state index >= 15 is 0 Å². The molecule has 1 fully saturated rings. The van der Waals surface area contributed by atoms with E-state index in [1.165, 1.54) is 12.0 Å². The van der Waals surface area contributed by atoms with Crippen LogP contribution in [0.1, 0.15) is 31.2 Å². The molecular weight excluding hydrogens is 348 g/mol. The summed E-state index contributed by atoms with van der Waals surface area (Å²) in [7, 11) is 0. The van der Waals surface area contributed by atoms with Crippen LogP contribution in [0.4, 0.5) is 0 Å². The highest BCUT2D eigenvalue weighted by atomic mass is 79.9. The van der Waals surface area contributed by atoms with E-state index < -0.39 is 6.04 Å². The summed E-state index contributed by atoms with van der Waals surface area (Å²) in [5.41, 5.74) is 7.32. The van der Waals surface area contributed by atoms with Gasteiger partial charge in [0.1, 0.15) is 0 Å². The van der Waals surface area contributed by atoms with E-state index in [1.54, 1.807) is 11.8 Å². The second-order valence-corrected chi connectivity index (χ2v) is 7.65. The van der Waals surface area contributed by atoms with E-state index in [-0.39, 0.29) is 11.3 Å². The van der Waals surface area contributed by atoms with Gasteiger partial charge in [-0.2, -0.15) is 11.8 Å². The van der Waals surface area contributed by atoms with Gasteiger partial charge >= 0.3 is 0 Å². The van der Waals surface area contributed by atoms with Crippen molar-refractivity contribution >= 4 is 33.6 Å². The van der Waals surface area contributed by atoms with Crippen molar-refractivity contribution in [1.82, 2.24) is 5.32 Å². The third kappa shape index (κ3) is 4.24. The molecule has 0 heterocycles. The molecule has 116 valence electrons. The monoisotopic (exact) mass is 370 g/mol. The first-order valence-corrected chi connectivity index (χ1v) is 9.54. The lowest BCUT2D eigenvalue weighted by molar-refractivity contribution is -0.122. The number of benzene rings is 1. The summed E-state index contributed by atoms with van der Waals surface area (Å²) in [4.78, 5) is 12.1. The maximum absolute atomic E-state index is 12.1. The van der Waals surface area contributed by atoms with Gasteiger partial charge in [0.05, 0.1) is 6.04 Å². The van der Waals surface area contributed by atoms with Crippen molar-refractivity contribution < 1.29 is 4.79 Å². The minimum atomic E-state index is -0.392. The van der Waals surface area contributed by atoms with Crippen molar-refractivity contribution in [2.75, 3.05) is 18.6 Å². The Morgan fingerprint density at radius 1 is 1.52 bits per heavy atom. The van der Waals surface area contributed by atoms with Gasteiger partial charge in [-0.25, -0.2) is 0 Å². The molecule has 0 aromatic heterocycles. The summed E-state index contributed by atoms with van der Waals surface area (Å²) >= 11 is 5.25. The van der Waals surface area contributed by atoms with Crippen molar-refractivity contribution in [2.24, 2.45) is 5.73 Å². The van der Waals surface area contributed by atoms with Crippen molar-refractivity contribution in [2.45, 2.75) is 37.1 Å². The van der Waals surface area contributed by atoms with Gasteiger partial charge < -0.3 is 11.1 Å². The number of carbonyl (C=O) groups excluding carboxylic acids is 1. The quantitative estimate of drug-likeness (QED) is 0.775. The van der Waals surface area contributed by atoms with Crippen LogP contribution in [0.2, 0.25) is 0 Å². The number of thioether (sulfide) groups is 1. The Balaban J connectivity index is 1.95. The number of rotatable bonds is 7. The molecule has 0 aliphatic heterocycles. The summed E-state index contributed by atoms with van der Waals surface area (Å²) in [6.07, 6.45) is 6.24. The first-order valence-electron chi connectivity index (χ1n) is 7.36. The Morgan fingerprint density at radius 3 is 2.86 bits per heavy atom. The molecule has 0 saturated heterocycles. The molecule has 1 amide bonds. The number of carbonyl (C=O) groups is 1. The molecule has 1 saturated carbocycles. The Morgan fingerprint density at radius 2 is 2.29 bits per heavy atom. The fourth-order valence-electron chi connectivity index (χ4n) is 2.75. The SMILES string of the molecule is CSCC[C@H](N)C(=O)NCC1(c2cccc(Br)c2)CCC1. The van der Waals surface area contributed by atoms with Crippen molar-refractivity contribution in [3.63, 3.8) is 0 Å². The van der Waals surface area contributed by atoms with Gasteiger partial charge in [-0.05, 0) is 49.0 Å². The predicted octanol–water partition coefficient (Wildman–Crippen LogP) is 3.07. The number of hydrogen-bond acceptors (Lipinski definition) is 3. The van der Waals surface area contributed by atoms with Crippen LogP contribution in [0.5, 0.6) is 0 Å². The topological polar surface area (TPSA) is 55.1 Å². The van der Waals surface area contributed by atoms with Gasteiger partial charge in [0.25, 0.3) is 0 Å². The summed E-state index contributed by atoms with van der Waals surface area (Å²) in [5, 5.41) is 3.06. The van der Waals surface area contributed by atoms with Crippen LogP contribution in [0.25, 0.3) is 0 Å². The highest BCUT2D eigenvalue weighted by Crippen LogP contribution is 2.43. The molecule has 1 aliphatic carbocycles. The standard InChI is InChI=1S/C16H23BrN2OS/c1-21-9-6-14(18)15(20)19-11-16(7-3-8-16)12-4-2-5-13(17)10-12/h2,4-5,10,14H,3,6-9,11,18H2,1H3,(H,19,20)/t14-/m0/s1. The fraction of sp³-hybridized carbons (Fsp3) is 0.562. The Kier molecular flexibility index (Phi) is 6.14. The van der Waals surface area contributed by atoms with Gasteiger partial charge in [-0.15, -0.1) is 0 Å². The molecule has 21 heavy (non-hydrogen) atoms. The van der Waals surface area contributed by atoms with Crippen LogP contribution in [-0.2, 0) is 10.2 Å². The maximum Gasteiger partial charge on any atom is 0.236 e. The van der Waals surface area contributed by atoms with Gasteiger partial charge in [0.15, 0.2) is 0 Å². The average Bonchev–Trinajstić information content (AvgIpc) is 2.43. The molecule has 2 rings (SSSR count). The smallest absolute Gasteiger partial charge is 0.236 e. The molecule has 0 spiro atoms. The molecule has 1 atom stereocenters. The highest BCUT2D eigenvalue weighted by Gasteiger charge is 2.39. The second kappa shape index (κ2) is 7.65. The molecule has 3 N–H and O–H groups in total. The third-order valence-corrected chi connectivity index (χ3v) is 5.46. The number of halogens is 1. The first kappa shape index (κ1) is 16.8. The number of hydrogen-bond donors (Lipinski definition) is 2. The van der Waals surface area contributed by atoms with Crippen LogP contribution in [0, 0.1) is 0 Å². The number of nitrogens with one attached hydrogen (secondary N) is 1. The molecule has 0 bridgehead atoms. The largest absolute Gasteiger partial charge is 0.354 e. The summed E-state index contributed by atoms with van der Waals surface area (Å²) < 4.78 is 1.09. The zero-order valence-corrected chi connectivity index (χ0v) is 14.8. The molecule has 0 unspecified atom stereocenters. The Hall–Kier alpha value is -0.520. The minimum absolute atomic E-state index is 0.0229. The lowest BCUT2D eigenvalue weighted by Gasteiger charge is -2.43. The maximum atomic E-state index is 12.1. The van der Waals surface area contributed by atoms with Crippen molar-refractivity contribution in [3.8, 4) is 0 Å². The third-order valence-electron chi connectivity index (χ3n) is 4.32. The summed E-state index contributed by atoms with van der Waals surface area (Å²) in [6, 6.07) is 8.03. The molecule has 1 aliphatic rings. The molecule has 1 aromatic carbocycles. The van der Waals surface area contributed by atoms with E-state index in [4.69, 9.17) is 5.73 Å². The van der Waals surface area contributed by atoms with Crippen molar-refractivity contribution in [1.29, 1.82) is 0 Å². The van der Waals surface area contributed by atoms with Gasteiger partial charge in [-0.3, -0.25) is 4.79 Å². The van der Waals surface area contributed by atoms with Crippen LogP contribution in [0.3, 0.4) is 0 Å². The molecule has 5 heteroatoms. The van der Waals surface area contributed by atoms with E-state index in [0.717, 1.165) is 29.5 Å². The molecule has 3 nitrogen and oxygen atoms in total. The van der Waals surface area contributed by atoms with E-state index in [1.807, 2.05) is 12.3 Å². The van der Waals surface area contributed by atoms with E-state index in [0.29, 0.717) is 6.54 Å². The minimum Gasteiger partial charge on any atom is -0.354 e. The normalized spacial score (nSPS) is 17.9. The summed E-state index contributed by atoms with van der Waals surface area (Å²) in [6.45, 7) is 0.690. The lowest BCUT2D eigenvalue weighted by atomic mass is 9.64. The average molecular weight is 371 g/mol. The number of amides is 1. The van der Waals surface area contributed by atoms with Crippen LogP contribution in [-0.4, -0.2) is 30.5 Å². The van der Waals surface area contributed by atoms with Crippen LogP contribution in [0.15, 0.2) is 28.7 Å². The van der Waals surface area contributed by atoms with E-state index in [2.05, 4.69) is 39.4 Å². The molecule has 1 aromatic rings. The van der Waals surface area contributed by atoms with Gasteiger partial charge in [0.2, 0.25) is 5.91 Å². The fourth-order valence-corrected chi connectivity index (χ4v) is 3.64. The zero-order valence-electron chi connectivity index (χ0n) is 12.4. The predicted molar refractivity (Wildman–Crippen MR) is 93.7 cm³/mol. The zero-order chi connectivity index (χ0) is 15.3. The first-order chi connectivity index (χ1) is 10.1. The Bertz CT molecular complexity index is 491. The van der Waals surface area contributed by atoms with Gasteiger partial charge in [0, 0.05) is 16.4 Å². The van der Waals surface area contributed by atoms with E-state index in [9.17, 15) is 4.79 Å². The van der Waals surface area contributed by atoms with Crippen molar-refractivity contribution in [3.05, 3.63) is 34.3 Å². The molecule has 0 radical (unpaired) electrons. The highest BCUT2D eigenvalue weighted by molar-refractivity contribution is 9.10.